The van der Waals surface area contributed by atoms with Crippen molar-refractivity contribution in [3.05, 3.63) is 34.6 Å². The number of aliphatic hydroxyl groups excluding tert-OH is 1. The van der Waals surface area contributed by atoms with Crippen LogP contribution in [0.15, 0.2) is 18.2 Å². The molecule has 0 aliphatic carbocycles. The van der Waals surface area contributed by atoms with Gasteiger partial charge in [-0.3, -0.25) is 4.90 Å². The van der Waals surface area contributed by atoms with Crippen LogP contribution < -0.4 is 0 Å². The van der Waals surface area contributed by atoms with E-state index in [4.69, 9.17) is 16.7 Å². The molecule has 0 unspecified atom stereocenters. The molecule has 0 saturated heterocycles. The van der Waals surface area contributed by atoms with Gasteiger partial charge in [-0.2, -0.15) is 0 Å². The maximum Gasteiger partial charge on any atom is 0.251 e. The highest BCUT2D eigenvalue weighted by atomic mass is 35.5. The Kier molecular flexibility index (Phi) is 5.74. The van der Waals surface area contributed by atoms with Gasteiger partial charge in [-0.15, -0.1) is 0 Å². The number of halogens is 4. The third-order valence-corrected chi connectivity index (χ3v) is 2.66. The molecule has 17 heavy (non-hydrogen) atoms. The summed E-state index contributed by atoms with van der Waals surface area (Å²) >= 11 is 5.72. The van der Waals surface area contributed by atoms with E-state index in [9.17, 15) is 13.2 Å². The summed E-state index contributed by atoms with van der Waals surface area (Å²) in [4.78, 5) is 1.32. The summed E-state index contributed by atoms with van der Waals surface area (Å²) in [5, 5.41) is 8.69. The molecule has 6 heteroatoms. The Morgan fingerprint density at radius 2 is 2.06 bits per heavy atom. The zero-order valence-electron chi connectivity index (χ0n) is 9.04. The highest BCUT2D eigenvalue weighted by Crippen LogP contribution is 2.21. The Morgan fingerprint density at radius 1 is 1.35 bits per heavy atom. The van der Waals surface area contributed by atoms with Crippen LogP contribution in [-0.2, 0) is 6.54 Å². The Bertz CT molecular complexity index is 363. The quantitative estimate of drug-likeness (QED) is 0.856. The van der Waals surface area contributed by atoms with E-state index < -0.39 is 18.8 Å². The van der Waals surface area contributed by atoms with E-state index in [1.54, 1.807) is 6.07 Å². The first-order valence-electron chi connectivity index (χ1n) is 5.09. The normalized spacial score (nSPS) is 11.5. The first kappa shape index (κ1) is 14.3. The monoisotopic (exact) mass is 267 g/mol. The molecule has 0 atom stereocenters. The van der Waals surface area contributed by atoms with Gasteiger partial charge < -0.3 is 5.11 Å². The molecule has 1 aromatic carbocycles. The minimum absolute atomic E-state index is 0.0651. The van der Waals surface area contributed by atoms with Crippen LogP contribution in [0.25, 0.3) is 0 Å². The van der Waals surface area contributed by atoms with Crippen LogP contribution in [0.4, 0.5) is 13.2 Å². The lowest BCUT2D eigenvalue weighted by Crippen LogP contribution is -2.31. The molecule has 0 radical (unpaired) electrons. The average Bonchev–Trinajstić information content (AvgIpc) is 2.24. The molecule has 0 aromatic heterocycles. The fourth-order valence-corrected chi connectivity index (χ4v) is 1.67. The van der Waals surface area contributed by atoms with Crippen LogP contribution in [-0.4, -0.2) is 36.1 Å². The summed E-state index contributed by atoms with van der Waals surface area (Å²) in [5.41, 5.74) is 0.431. The van der Waals surface area contributed by atoms with Gasteiger partial charge in [0.05, 0.1) is 18.2 Å². The number of rotatable bonds is 6. The molecule has 0 amide bonds. The Labute approximate surface area is 103 Å². The van der Waals surface area contributed by atoms with Gasteiger partial charge in [0.25, 0.3) is 6.43 Å². The van der Waals surface area contributed by atoms with Crippen LogP contribution in [0, 0.1) is 5.82 Å². The van der Waals surface area contributed by atoms with Crippen molar-refractivity contribution >= 4 is 11.6 Å². The van der Waals surface area contributed by atoms with Crippen LogP contribution in [0.3, 0.4) is 0 Å². The molecule has 2 nitrogen and oxygen atoms in total. The molecule has 0 bridgehead atoms. The van der Waals surface area contributed by atoms with Crippen LogP contribution in [0.2, 0.25) is 5.02 Å². The van der Waals surface area contributed by atoms with Gasteiger partial charge in [0, 0.05) is 13.1 Å². The van der Waals surface area contributed by atoms with Crippen molar-refractivity contribution in [3.8, 4) is 0 Å². The lowest BCUT2D eigenvalue weighted by Gasteiger charge is -2.21. The molecule has 0 saturated carbocycles. The van der Waals surface area contributed by atoms with Gasteiger partial charge in [-0.1, -0.05) is 23.7 Å². The van der Waals surface area contributed by atoms with Gasteiger partial charge in [0.1, 0.15) is 5.82 Å². The number of aliphatic hydroxyl groups is 1. The predicted molar refractivity (Wildman–Crippen MR) is 59.8 cm³/mol. The van der Waals surface area contributed by atoms with E-state index in [0.717, 1.165) is 0 Å². The topological polar surface area (TPSA) is 23.5 Å². The largest absolute Gasteiger partial charge is 0.395 e. The summed E-state index contributed by atoms with van der Waals surface area (Å²) in [6.45, 7) is -0.536. The minimum atomic E-state index is -2.51. The number of hydrogen-bond acceptors (Lipinski definition) is 2. The number of nitrogens with zero attached hydrogens (tertiary/aromatic N) is 1. The molecular formula is C11H13ClF3NO. The van der Waals surface area contributed by atoms with Crippen molar-refractivity contribution < 1.29 is 18.3 Å². The molecule has 0 aliphatic rings. The molecule has 1 N–H and O–H groups in total. The first-order valence-corrected chi connectivity index (χ1v) is 5.46. The van der Waals surface area contributed by atoms with Gasteiger partial charge in [0.15, 0.2) is 0 Å². The standard InChI is InChI=1S/C11H13ClF3NO/c12-11-8(2-1-3-9(11)13)6-16(4-5-17)7-10(14)15/h1-3,10,17H,4-7H2. The van der Waals surface area contributed by atoms with E-state index in [-0.39, 0.29) is 24.7 Å². The zero-order valence-corrected chi connectivity index (χ0v) is 9.80. The van der Waals surface area contributed by atoms with Gasteiger partial charge in [-0.25, -0.2) is 13.2 Å². The van der Waals surface area contributed by atoms with Gasteiger partial charge in [-0.05, 0) is 11.6 Å². The molecule has 1 aromatic rings. The molecule has 96 valence electrons. The van der Waals surface area contributed by atoms with Crippen molar-refractivity contribution in [2.75, 3.05) is 19.7 Å². The Balaban J connectivity index is 2.74. The van der Waals surface area contributed by atoms with Gasteiger partial charge >= 0.3 is 0 Å². The predicted octanol–water partition coefficient (Wildman–Crippen LogP) is 2.54. The molecule has 0 aliphatic heterocycles. The second-order valence-electron chi connectivity index (χ2n) is 3.56. The third kappa shape index (κ3) is 4.53. The molecular weight excluding hydrogens is 255 g/mol. The lowest BCUT2D eigenvalue weighted by atomic mass is 10.2. The lowest BCUT2D eigenvalue weighted by molar-refractivity contribution is 0.0746. The molecule has 1 rings (SSSR count). The van der Waals surface area contributed by atoms with Crippen molar-refractivity contribution in [2.24, 2.45) is 0 Å². The van der Waals surface area contributed by atoms with Crippen molar-refractivity contribution in [3.63, 3.8) is 0 Å². The molecule has 0 spiro atoms. The maximum absolute atomic E-state index is 13.1. The van der Waals surface area contributed by atoms with Crippen LogP contribution in [0.5, 0.6) is 0 Å². The van der Waals surface area contributed by atoms with Crippen molar-refractivity contribution in [1.29, 1.82) is 0 Å². The number of alkyl halides is 2. The van der Waals surface area contributed by atoms with Crippen molar-refractivity contribution in [2.45, 2.75) is 13.0 Å². The summed E-state index contributed by atoms with van der Waals surface area (Å²) < 4.78 is 37.7. The summed E-state index contributed by atoms with van der Waals surface area (Å²) in [5.74, 6) is -0.579. The fraction of sp³-hybridized carbons (Fsp3) is 0.455. The highest BCUT2D eigenvalue weighted by molar-refractivity contribution is 6.31. The molecule has 0 fully saturated rings. The SMILES string of the molecule is OCCN(Cc1cccc(F)c1Cl)CC(F)F. The number of benzene rings is 1. The van der Waals surface area contributed by atoms with E-state index in [1.807, 2.05) is 0 Å². The van der Waals surface area contributed by atoms with Gasteiger partial charge in [0.2, 0.25) is 0 Å². The summed E-state index contributed by atoms with van der Waals surface area (Å²) in [6, 6.07) is 4.24. The fourth-order valence-electron chi connectivity index (χ4n) is 1.48. The second-order valence-corrected chi connectivity index (χ2v) is 3.94. The summed E-state index contributed by atoms with van der Waals surface area (Å²) in [6.07, 6.45) is -2.51. The van der Waals surface area contributed by atoms with Crippen LogP contribution in [0.1, 0.15) is 5.56 Å². The van der Waals surface area contributed by atoms with E-state index in [1.165, 1.54) is 17.0 Å². The van der Waals surface area contributed by atoms with Crippen molar-refractivity contribution in [1.82, 2.24) is 4.90 Å². The first-order chi connectivity index (χ1) is 8.04. The van der Waals surface area contributed by atoms with E-state index in [2.05, 4.69) is 0 Å². The maximum atomic E-state index is 13.1. The molecule has 0 heterocycles. The minimum Gasteiger partial charge on any atom is -0.395 e. The third-order valence-electron chi connectivity index (χ3n) is 2.24. The van der Waals surface area contributed by atoms with E-state index in [0.29, 0.717) is 5.56 Å². The van der Waals surface area contributed by atoms with E-state index >= 15 is 0 Å². The smallest absolute Gasteiger partial charge is 0.251 e. The zero-order chi connectivity index (χ0) is 12.8. The Morgan fingerprint density at radius 3 is 2.65 bits per heavy atom. The van der Waals surface area contributed by atoms with Crippen LogP contribution >= 0.6 is 11.6 Å². The summed E-state index contributed by atoms with van der Waals surface area (Å²) in [7, 11) is 0. The second kappa shape index (κ2) is 6.83. The average molecular weight is 268 g/mol. The number of hydrogen-bond donors (Lipinski definition) is 1. The Hall–Kier alpha value is -0.780. The highest BCUT2D eigenvalue weighted by Gasteiger charge is 2.14.